The Bertz CT molecular complexity index is 1550. The topological polar surface area (TPSA) is 100.0 Å². The second-order valence-corrected chi connectivity index (χ2v) is 9.20. The molecule has 1 aromatic heterocycles. The van der Waals surface area contributed by atoms with E-state index in [2.05, 4.69) is 4.98 Å². The highest BCUT2D eigenvalue weighted by atomic mass is 16.5. The number of pyridine rings is 1. The van der Waals surface area contributed by atoms with Gasteiger partial charge in [-0.15, -0.1) is 0 Å². The van der Waals surface area contributed by atoms with Crippen molar-refractivity contribution in [3.63, 3.8) is 0 Å². The molecular formula is C31H26N2O5. The number of hydrogen-bond donors (Lipinski definition) is 2. The highest BCUT2D eigenvalue weighted by molar-refractivity contribution is 6.51. The monoisotopic (exact) mass is 506 g/mol. The molecule has 38 heavy (non-hydrogen) atoms. The largest absolute Gasteiger partial charge is 0.507 e. The van der Waals surface area contributed by atoms with Crippen molar-refractivity contribution in [1.82, 2.24) is 4.98 Å². The Balaban J connectivity index is 1.57. The molecule has 0 spiro atoms. The van der Waals surface area contributed by atoms with Crippen LogP contribution in [0.4, 0.5) is 5.69 Å². The highest BCUT2D eigenvalue weighted by Gasteiger charge is 2.47. The molecule has 1 saturated heterocycles. The summed E-state index contributed by atoms with van der Waals surface area (Å²) in [6.45, 7) is 4.06. The number of hydrogen-bond acceptors (Lipinski definition) is 6. The van der Waals surface area contributed by atoms with Gasteiger partial charge >= 0.3 is 0 Å². The van der Waals surface area contributed by atoms with Gasteiger partial charge in [-0.2, -0.15) is 0 Å². The van der Waals surface area contributed by atoms with Crippen LogP contribution >= 0.6 is 0 Å². The summed E-state index contributed by atoms with van der Waals surface area (Å²) in [4.78, 5) is 32.0. The smallest absolute Gasteiger partial charge is 0.300 e. The fourth-order valence-electron chi connectivity index (χ4n) is 4.62. The fourth-order valence-corrected chi connectivity index (χ4v) is 4.62. The Hall–Kier alpha value is -4.91. The number of benzene rings is 3. The van der Waals surface area contributed by atoms with Gasteiger partial charge in [0.05, 0.1) is 17.3 Å². The second kappa shape index (κ2) is 10.2. The summed E-state index contributed by atoms with van der Waals surface area (Å²) in [7, 11) is 0. The predicted octanol–water partition coefficient (Wildman–Crippen LogP) is 5.61. The molecule has 0 aliphatic carbocycles. The summed E-state index contributed by atoms with van der Waals surface area (Å²) in [5.41, 5.74) is 3.65. The minimum atomic E-state index is -0.958. The lowest BCUT2D eigenvalue weighted by Crippen LogP contribution is -2.29. The Labute approximate surface area is 220 Å². The molecule has 1 fully saturated rings. The van der Waals surface area contributed by atoms with Crippen molar-refractivity contribution in [2.45, 2.75) is 26.5 Å². The average molecular weight is 507 g/mol. The van der Waals surface area contributed by atoms with E-state index in [4.69, 9.17) is 4.74 Å². The van der Waals surface area contributed by atoms with Crippen LogP contribution in [0.3, 0.4) is 0 Å². The Morgan fingerprint density at radius 3 is 2.39 bits per heavy atom. The molecule has 1 atom stereocenters. The van der Waals surface area contributed by atoms with Gasteiger partial charge in [-0.1, -0.05) is 36.4 Å². The van der Waals surface area contributed by atoms with Gasteiger partial charge in [0.2, 0.25) is 0 Å². The van der Waals surface area contributed by atoms with E-state index in [-0.39, 0.29) is 22.8 Å². The third kappa shape index (κ3) is 4.62. The first-order chi connectivity index (χ1) is 18.3. The van der Waals surface area contributed by atoms with E-state index in [0.717, 1.165) is 16.7 Å². The zero-order valence-corrected chi connectivity index (χ0v) is 21.0. The van der Waals surface area contributed by atoms with E-state index in [1.165, 1.54) is 11.0 Å². The number of aliphatic hydroxyl groups is 1. The van der Waals surface area contributed by atoms with Crippen LogP contribution in [0.2, 0.25) is 0 Å². The maximum Gasteiger partial charge on any atom is 0.300 e. The SMILES string of the molecule is Cc1ccc(O)c(N2C(=O)C(=O)/C(=C(\O)c3ccc(OCc4ccccc4)c(C)c3)C2c2ccncc2)c1. The normalized spacial score (nSPS) is 16.6. The van der Waals surface area contributed by atoms with Crippen LogP contribution in [-0.4, -0.2) is 26.9 Å². The van der Waals surface area contributed by atoms with Crippen LogP contribution in [-0.2, 0) is 16.2 Å². The van der Waals surface area contributed by atoms with E-state index in [9.17, 15) is 19.8 Å². The number of carbonyl (C=O) groups excluding carboxylic acids is 2. The van der Waals surface area contributed by atoms with Crippen molar-refractivity contribution in [2.24, 2.45) is 0 Å². The number of amides is 1. The number of ether oxygens (including phenoxy) is 1. The van der Waals surface area contributed by atoms with Gasteiger partial charge in [0.25, 0.3) is 11.7 Å². The lowest BCUT2D eigenvalue weighted by molar-refractivity contribution is -0.132. The lowest BCUT2D eigenvalue weighted by atomic mass is 9.95. The van der Waals surface area contributed by atoms with E-state index in [1.54, 1.807) is 54.9 Å². The van der Waals surface area contributed by atoms with Crippen molar-refractivity contribution < 1.29 is 24.5 Å². The number of Topliss-reactive ketones (excluding diaryl/α,β-unsaturated/α-hetero) is 1. The van der Waals surface area contributed by atoms with E-state index in [1.807, 2.05) is 44.2 Å². The number of ketones is 1. The quantitative estimate of drug-likeness (QED) is 0.200. The van der Waals surface area contributed by atoms with Crippen LogP contribution in [0.15, 0.2) is 96.8 Å². The molecule has 3 aromatic carbocycles. The van der Waals surface area contributed by atoms with Crippen molar-refractivity contribution in [3.05, 3.63) is 125 Å². The summed E-state index contributed by atoms with van der Waals surface area (Å²) in [6.07, 6.45) is 3.10. The number of anilines is 1. The molecule has 7 nitrogen and oxygen atoms in total. The highest BCUT2D eigenvalue weighted by Crippen LogP contribution is 2.45. The molecule has 190 valence electrons. The van der Waals surface area contributed by atoms with Gasteiger partial charge in [0.15, 0.2) is 0 Å². The zero-order valence-electron chi connectivity index (χ0n) is 21.0. The molecule has 0 saturated carbocycles. The predicted molar refractivity (Wildman–Crippen MR) is 144 cm³/mol. The molecule has 0 radical (unpaired) electrons. The maximum absolute atomic E-state index is 13.4. The van der Waals surface area contributed by atoms with Crippen molar-refractivity contribution in [2.75, 3.05) is 4.90 Å². The molecule has 2 heterocycles. The molecular weight excluding hydrogens is 480 g/mol. The first-order valence-electron chi connectivity index (χ1n) is 12.1. The number of aromatic hydroxyl groups is 1. The van der Waals surface area contributed by atoms with Gasteiger partial charge < -0.3 is 14.9 Å². The minimum Gasteiger partial charge on any atom is -0.507 e. The van der Waals surface area contributed by atoms with Crippen LogP contribution < -0.4 is 9.64 Å². The van der Waals surface area contributed by atoms with Crippen LogP contribution in [0, 0.1) is 13.8 Å². The summed E-state index contributed by atoms with van der Waals surface area (Å²) in [6, 6.07) is 22.1. The molecule has 0 bridgehead atoms. The first kappa shape index (κ1) is 24.8. The summed E-state index contributed by atoms with van der Waals surface area (Å²) in [5.74, 6) is -1.49. The van der Waals surface area contributed by atoms with E-state index >= 15 is 0 Å². The maximum atomic E-state index is 13.4. The number of aromatic nitrogens is 1. The molecule has 4 aromatic rings. The molecule has 7 heteroatoms. The fraction of sp³-hybridized carbons (Fsp3) is 0.129. The molecule has 1 aliphatic heterocycles. The molecule has 1 amide bonds. The second-order valence-electron chi connectivity index (χ2n) is 9.20. The molecule has 1 aliphatic rings. The number of aliphatic hydroxyl groups excluding tert-OH is 1. The summed E-state index contributed by atoms with van der Waals surface area (Å²) >= 11 is 0. The Kier molecular flexibility index (Phi) is 6.66. The molecule has 1 unspecified atom stereocenters. The van der Waals surface area contributed by atoms with Crippen LogP contribution in [0.1, 0.15) is 33.9 Å². The van der Waals surface area contributed by atoms with Gasteiger partial charge in [-0.25, -0.2) is 0 Å². The van der Waals surface area contributed by atoms with Gasteiger partial charge in [-0.3, -0.25) is 19.5 Å². The van der Waals surface area contributed by atoms with Crippen molar-refractivity contribution in [1.29, 1.82) is 0 Å². The standard InChI is InChI=1S/C31H26N2O5/c1-19-8-10-25(34)24(16-19)33-28(22-12-14-32-15-13-22)27(30(36)31(33)37)29(35)23-9-11-26(20(2)17-23)38-18-21-6-4-3-5-7-21/h3-17,28,34-35H,18H2,1-2H3/b29-27-. The molecule has 2 N–H and O–H groups in total. The number of carbonyl (C=O) groups is 2. The number of rotatable bonds is 6. The third-order valence-electron chi connectivity index (χ3n) is 6.54. The average Bonchev–Trinajstić information content (AvgIpc) is 3.20. The Morgan fingerprint density at radius 2 is 1.68 bits per heavy atom. The van der Waals surface area contributed by atoms with Crippen molar-refractivity contribution in [3.8, 4) is 11.5 Å². The Morgan fingerprint density at radius 1 is 0.947 bits per heavy atom. The number of phenols is 1. The summed E-state index contributed by atoms with van der Waals surface area (Å²) in [5, 5.41) is 22.0. The van der Waals surface area contributed by atoms with Crippen LogP contribution in [0.5, 0.6) is 11.5 Å². The number of phenolic OH excluding ortho intramolecular Hbond substituents is 1. The van der Waals surface area contributed by atoms with E-state index in [0.29, 0.717) is 23.5 Å². The van der Waals surface area contributed by atoms with E-state index < -0.39 is 17.7 Å². The third-order valence-corrected chi connectivity index (χ3v) is 6.54. The van der Waals surface area contributed by atoms with Crippen LogP contribution in [0.25, 0.3) is 5.76 Å². The van der Waals surface area contributed by atoms with Gasteiger partial charge in [0.1, 0.15) is 23.9 Å². The van der Waals surface area contributed by atoms with Gasteiger partial charge in [0, 0.05) is 18.0 Å². The zero-order chi connectivity index (χ0) is 26.8. The number of nitrogens with zero attached hydrogens (tertiary/aromatic N) is 2. The minimum absolute atomic E-state index is 0.0699. The number of aryl methyl sites for hydroxylation is 2. The lowest BCUT2D eigenvalue weighted by Gasteiger charge is -2.26. The first-order valence-corrected chi connectivity index (χ1v) is 12.1. The van der Waals surface area contributed by atoms with Gasteiger partial charge in [-0.05, 0) is 78.6 Å². The molecule has 5 rings (SSSR count). The van der Waals surface area contributed by atoms with Crippen molar-refractivity contribution >= 4 is 23.1 Å². The summed E-state index contributed by atoms with van der Waals surface area (Å²) < 4.78 is 5.95.